The van der Waals surface area contributed by atoms with Gasteiger partial charge in [-0.3, -0.25) is 0 Å². The Morgan fingerprint density at radius 3 is 2.68 bits per heavy atom. The number of anilines is 2. The predicted molar refractivity (Wildman–Crippen MR) is 126 cm³/mol. The minimum atomic E-state index is -0.467. The summed E-state index contributed by atoms with van der Waals surface area (Å²) < 4.78 is 11.7. The maximum Gasteiger partial charge on any atom is 0.340 e. The van der Waals surface area contributed by atoms with Crippen molar-refractivity contribution in [2.24, 2.45) is 11.7 Å². The van der Waals surface area contributed by atoms with Crippen LogP contribution in [0, 0.1) is 5.92 Å². The third kappa shape index (κ3) is 3.39. The van der Waals surface area contributed by atoms with Crippen LogP contribution in [0.1, 0.15) is 67.1 Å². The molecule has 0 radical (unpaired) electrons. The zero-order chi connectivity index (χ0) is 23.1. The summed E-state index contributed by atoms with van der Waals surface area (Å²) in [4.78, 5) is 26.3. The van der Waals surface area contributed by atoms with Crippen LogP contribution in [-0.4, -0.2) is 32.6 Å². The number of hydrogen-bond donors (Lipinski definition) is 2. The monoisotopic (exact) mass is 457 g/mol. The molecule has 1 spiro atoms. The van der Waals surface area contributed by atoms with E-state index >= 15 is 0 Å². The van der Waals surface area contributed by atoms with Crippen molar-refractivity contribution in [1.82, 2.24) is 15.0 Å². The smallest absolute Gasteiger partial charge is 0.340 e. The largest absolute Gasteiger partial charge is 0.474 e. The Morgan fingerprint density at radius 1 is 1.12 bits per heavy atom. The zero-order valence-corrected chi connectivity index (χ0v) is 19.1. The van der Waals surface area contributed by atoms with Crippen molar-refractivity contribution in [2.75, 3.05) is 5.32 Å². The third-order valence-corrected chi connectivity index (χ3v) is 7.60. The van der Waals surface area contributed by atoms with Gasteiger partial charge in [-0.05, 0) is 80.5 Å². The lowest BCUT2D eigenvalue weighted by Gasteiger charge is -2.27. The number of ether oxygens (including phenoxy) is 2. The van der Waals surface area contributed by atoms with E-state index in [1.807, 2.05) is 18.5 Å². The Hall–Kier alpha value is -3.26. The summed E-state index contributed by atoms with van der Waals surface area (Å²) in [5.74, 6) is 2.11. The topological polar surface area (TPSA) is 112 Å². The van der Waals surface area contributed by atoms with Crippen LogP contribution in [0.4, 0.5) is 11.6 Å². The molecule has 7 rings (SSSR count). The number of nitrogens with two attached hydrogens (primary N) is 1. The van der Waals surface area contributed by atoms with E-state index in [1.165, 1.54) is 0 Å². The number of fused-ring (bicyclic) bond motifs is 2. The molecule has 3 aliphatic carbocycles. The van der Waals surface area contributed by atoms with E-state index in [4.69, 9.17) is 20.2 Å². The van der Waals surface area contributed by atoms with Crippen LogP contribution in [0.2, 0.25) is 0 Å². The Labute approximate surface area is 197 Å². The number of pyridine rings is 3. The normalized spacial score (nSPS) is 22.1. The molecule has 8 nitrogen and oxygen atoms in total. The predicted octanol–water partition coefficient (Wildman–Crippen LogP) is 4.14. The van der Waals surface area contributed by atoms with E-state index in [0.717, 1.165) is 60.6 Å². The fraction of sp³-hybridized carbons (Fsp3) is 0.462. The highest BCUT2D eigenvalue weighted by Crippen LogP contribution is 2.47. The molecule has 3 fully saturated rings. The van der Waals surface area contributed by atoms with Crippen molar-refractivity contribution in [1.29, 1.82) is 0 Å². The van der Waals surface area contributed by atoms with E-state index in [2.05, 4.69) is 22.2 Å². The van der Waals surface area contributed by atoms with Crippen molar-refractivity contribution < 1.29 is 14.3 Å². The van der Waals surface area contributed by atoms with Crippen LogP contribution >= 0.6 is 0 Å². The van der Waals surface area contributed by atoms with E-state index < -0.39 is 5.54 Å². The number of aromatic nitrogens is 3. The van der Waals surface area contributed by atoms with Crippen LogP contribution in [0.5, 0.6) is 5.88 Å². The number of nitrogens with one attached hydrogen (secondary N) is 1. The maximum atomic E-state index is 12.3. The molecule has 0 amide bonds. The number of carbonyl (C=O) groups excluding carboxylic acids is 1. The Kier molecular flexibility index (Phi) is 4.08. The van der Waals surface area contributed by atoms with Crippen molar-refractivity contribution >= 4 is 28.4 Å². The second-order valence-electron chi connectivity index (χ2n) is 10.5. The summed E-state index contributed by atoms with van der Waals surface area (Å²) in [6, 6.07) is 5.59. The molecular weight excluding hydrogens is 430 g/mol. The lowest BCUT2D eigenvalue weighted by molar-refractivity contribution is 0.0174. The second kappa shape index (κ2) is 6.88. The molecule has 8 heteroatoms. The minimum absolute atomic E-state index is 0.244. The van der Waals surface area contributed by atoms with Crippen LogP contribution in [0.3, 0.4) is 0 Å². The van der Waals surface area contributed by atoms with Gasteiger partial charge < -0.3 is 20.5 Å². The fourth-order valence-electron chi connectivity index (χ4n) is 4.98. The first-order chi connectivity index (χ1) is 16.4. The molecule has 4 heterocycles. The van der Waals surface area contributed by atoms with Crippen molar-refractivity contribution in [3.63, 3.8) is 0 Å². The summed E-state index contributed by atoms with van der Waals surface area (Å²) in [6.45, 7) is 2.09. The van der Waals surface area contributed by atoms with Crippen LogP contribution in [-0.2, 0) is 16.7 Å². The number of hydrogen-bond acceptors (Lipinski definition) is 8. The molecule has 3 aromatic rings. The summed E-state index contributed by atoms with van der Waals surface area (Å²) in [7, 11) is 0. The molecule has 3 saturated carbocycles. The van der Waals surface area contributed by atoms with Gasteiger partial charge in [0, 0.05) is 24.4 Å². The first-order valence-electron chi connectivity index (χ1n) is 12.2. The van der Waals surface area contributed by atoms with Crippen molar-refractivity contribution in [3.8, 4) is 5.88 Å². The highest BCUT2D eigenvalue weighted by atomic mass is 16.6. The highest BCUT2D eigenvalue weighted by molar-refractivity contribution is 5.93. The molecule has 0 saturated heterocycles. The highest BCUT2D eigenvalue weighted by Gasteiger charge is 2.51. The molecular formula is C26H27N5O3. The Bertz CT molecular complexity index is 1340. The van der Waals surface area contributed by atoms with Gasteiger partial charge in [0.25, 0.3) is 0 Å². The van der Waals surface area contributed by atoms with Gasteiger partial charge in [-0.1, -0.05) is 0 Å². The molecule has 1 atom stereocenters. The average Bonchev–Trinajstić information content (AvgIpc) is 3.64. The van der Waals surface area contributed by atoms with E-state index in [-0.39, 0.29) is 17.7 Å². The summed E-state index contributed by atoms with van der Waals surface area (Å²) in [5, 5.41) is 5.21. The van der Waals surface area contributed by atoms with Crippen LogP contribution < -0.4 is 15.8 Å². The van der Waals surface area contributed by atoms with Crippen LogP contribution in [0.25, 0.3) is 10.8 Å². The second-order valence-corrected chi connectivity index (χ2v) is 10.5. The van der Waals surface area contributed by atoms with E-state index in [1.54, 1.807) is 12.1 Å². The average molecular weight is 458 g/mol. The SMILES string of the molecule is CC(N)(c1cnc(OC2CC2)c2cnc(Nc3ccc4c(n3)CC3(CC3)OC4=O)cc12)C1CC1. The lowest BCUT2D eigenvalue weighted by Crippen LogP contribution is -2.35. The Morgan fingerprint density at radius 2 is 1.94 bits per heavy atom. The first kappa shape index (κ1) is 20.1. The number of carbonyl (C=O) groups is 1. The molecule has 34 heavy (non-hydrogen) atoms. The van der Waals surface area contributed by atoms with Crippen molar-refractivity contribution in [2.45, 2.75) is 69.1 Å². The first-order valence-corrected chi connectivity index (χ1v) is 12.2. The van der Waals surface area contributed by atoms with Gasteiger partial charge in [0.1, 0.15) is 23.3 Å². The number of rotatable bonds is 6. The van der Waals surface area contributed by atoms with E-state index in [0.29, 0.717) is 35.4 Å². The fourth-order valence-corrected chi connectivity index (χ4v) is 4.98. The van der Waals surface area contributed by atoms with Gasteiger partial charge in [0.05, 0.1) is 16.6 Å². The lowest BCUT2D eigenvalue weighted by atomic mass is 9.86. The van der Waals surface area contributed by atoms with Gasteiger partial charge in [-0.25, -0.2) is 19.7 Å². The quantitative estimate of drug-likeness (QED) is 0.531. The summed E-state index contributed by atoms with van der Waals surface area (Å²) >= 11 is 0. The molecule has 1 aliphatic heterocycles. The molecule has 4 aliphatic rings. The Balaban J connectivity index is 1.26. The molecule has 3 N–H and O–H groups in total. The van der Waals surface area contributed by atoms with Gasteiger partial charge in [-0.15, -0.1) is 0 Å². The molecule has 3 aromatic heterocycles. The zero-order valence-electron chi connectivity index (χ0n) is 19.1. The summed E-state index contributed by atoms with van der Waals surface area (Å²) in [6.07, 6.45) is 10.8. The minimum Gasteiger partial charge on any atom is -0.474 e. The standard InChI is InChI=1S/C26H27N5O3/c1-25(27,14-2-3-14)19-13-29-23(33-15-4-5-15)18-12-28-22(10-17(18)19)31-21-7-6-16-20(30-21)11-26(8-9-26)34-24(16)32/h6-7,10,12-15H,2-5,8-9,11,27H2,1H3,(H,28,30,31). The maximum absolute atomic E-state index is 12.3. The molecule has 0 aromatic carbocycles. The van der Waals surface area contributed by atoms with Gasteiger partial charge in [0.15, 0.2) is 0 Å². The number of esters is 1. The van der Waals surface area contributed by atoms with Gasteiger partial charge in [0.2, 0.25) is 5.88 Å². The summed E-state index contributed by atoms with van der Waals surface area (Å²) in [5.41, 5.74) is 8.37. The van der Waals surface area contributed by atoms with Crippen LogP contribution in [0.15, 0.2) is 30.6 Å². The van der Waals surface area contributed by atoms with Gasteiger partial charge >= 0.3 is 5.97 Å². The van der Waals surface area contributed by atoms with Gasteiger partial charge in [-0.2, -0.15) is 0 Å². The van der Waals surface area contributed by atoms with E-state index in [9.17, 15) is 4.79 Å². The van der Waals surface area contributed by atoms with Crippen molar-refractivity contribution in [3.05, 3.63) is 47.4 Å². The molecule has 1 unspecified atom stereocenters. The molecule has 0 bridgehead atoms. The third-order valence-electron chi connectivity index (χ3n) is 7.60. The molecule has 174 valence electrons. The number of nitrogens with zero attached hydrogens (tertiary/aromatic N) is 3.